The molecule has 3 nitrogen and oxygen atoms in total. The largest absolute Gasteiger partial charge is 0.314 e. The quantitative estimate of drug-likeness (QED) is 0.705. The van der Waals surface area contributed by atoms with E-state index in [0.717, 1.165) is 26.1 Å². The van der Waals surface area contributed by atoms with Gasteiger partial charge < -0.3 is 5.32 Å². The van der Waals surface area contributed by atoms with Crippen molar-refractivity contribution in [1.29, 1.82) is 5.26 Å². The molecular formula is C10H19N3. The van der Waals surface area contributed by atoms with Crippen LogP contribution in [0.1, 0.15) is 26.7 Å². The second kappa shape index (κ2) is 5.21. The van der Waals surface area contributed by atoms with E-state index in [-0.39, 0.29) is 0 Å². The van der Waals surface area contributed by atoms with E-state index in [9.17, 15) is 0 Å². The summed E-state index contributed by atoms with van der Waals surface area (Å²) in [5.74, 6) is 0. The van der Waals surface area contributed by atoms with Gasteiger partial charge in [-0.2, -0.15) is 5.26 Å². The second-order valence-corrected chi connectivity index (χ2v) is 3.72. The van der Waals surface area contributed by atoms with E-state index >= 15 is 0 Å². The van der Waals surface area contributed by atoms with Crippen molar-refractivity contribution >= 4 is 0 Å². The molecule has 0 spiro atoms. The number of nitrogens with one attached hydrogen (secondary N) is 1. The van der Waals surface area contributed by atoms with E-state index < -0.39 is 0 Å². The Morgan fingerprint density at radius 2 is 2.46 bits per heavy atom. The topological polar surface area (TPSA) is 39.1 Å². The summed E-state index contributed by atoms with van der Waals surface area (Å²) < 4.78 is 0. The molecule has 0 aromatic heterocycles. The summed E-state index contributed by atoms with van der Waals surface area (Å²) in [5.41, 5.74) is 0. The molecule has 1 saturated heterocycles. The van der Waals surface area contributed by atoms with Crippen LogP contribution in [0.15, 0.2) is 0 Å². The Labute approximate surface area is 80.7 Å². The number of piperazine rings is 1. The van der Waals surface area contributed by atoms with Crippen LogP contribution in [0.2, 0.25) is 0 Å². The zero-order valence-electron chi connectivity index (χ0n) is 8.58. The van der Waals surface area contributed by atoms with Gasteiger partial charge in [-0.3, -0.25) is 4.90 Å². The monoisotopic (exact) mass is 181 g/mol. The molecule has 1 rings (SSSR count). The van der Waals surface area contributed by atoms with E-state index in [1.807, 2.05) is 0 Å². The second-order valence-electron chi connectivity index (χ2n) is 3.72. The maximum atomic E-state index is 8.69. The van der Waals surface area contributed by atoms with Crippen LogP contribution in [0.4, 0.5) is 0 Å². The summed E-state index contributed by atoms with van der Waals surface area (Å²) >= 11 is 0. The summed E-state index contributed by atoms with van der Waals surface area (Å²) in [6, 6.07) is 3.31. The highest BCUT2D eigenvalue weighted by Gasteiger charge is 2.24. The van der Waals surface area contributed by atoms with Crippen molar-refractivity contribution < 1.29 is 0 Å². The van der Waals surface area contributed by atoms with Crippen molar-refractivity contribution in [1.82, 2.24) is 10.2 Å². The Balaban J connectivity index is 2.50. The van der Waals surface area contributed by atoms with Gasteiger partial charge in [0.05, 0.1) is 12.5 Å². The van der Waals surface area contributed by atoms with E-state index in [2.05, 4.69) is 30.1 Å². The molecule has 3 heteroatoms. The molecule has 1 unspecified atom stereocenters. The number of nitrogens with zero attached hydrogens (tertiary/aromatic N) is 2. The van der Waals surface area contributed by atoms with E-state index in [0.29, 0.717) is 18.5 Å². The van der Waals surface area contributed by atoms with Gasteiger partial charge in [0.2, 0.25) is 0 Å². The molecule has 1 aliphatic heterocycles. The molecule has 1 aliphatic rings. The molecule has 0 aromatic carbocycles. The Morgan fingerprint density at radius 3 is 3.00 bits per heavy atom. The Bertz CT molecular complexity index is 185. The van der Waals surface area contributed by atoms with Crippen molar-refractivity contribution in [3.05, 3.63) is 0 Å². The molecule has 0 radical (unpaired) electrons. The van der Waals surface area contributed by atoms with Crippen molar-refractivity contribution in [2.24, 2.45) is 0 Å². The first kappa shape index (κ1) is 10.5. The molecule has 0 aromatic rings. The minimum absolute atomic E-state index is 0.460. The lowest BCUT2D eigenvalue weighted by Gasteiger charge is -2.38. The maximum absolute atomic E-state index is 8.69. The lowest BCUT2D eigenvalue weighted by molar-refractivity contribution is 0.115. The number of rotatable bonds is 3. The lowest BCUT2D eigenvalue weighted by Crippen LogP contribution is -2.53. The average molecular weight is 181 g/mol. The average Bonchev–Trinajstić information content (AvgIpc) is 2.16. The predicted molar refractivity (Wildman–Crippen MR) is 53.3 cm³/mol. The Kier molecular flexibility index (Phi) is 4.20. The number of hydrogen-bond donors (Lipinski definition) is 1. The number of hydrogen-bond acceptors (Lipinski definition) is 3. The van der Waals surface area contributed by atoms with Crippen LogP contribution in [0.5, 0.6) is 0 Å². The summed E-state index contributed by atoms with van der Waals surface area (Å²) in [6.45, 7) is 7.60. The molecule has 1 N–H and O–H groups in total. The zero-order chi connectivity index (χ0) is 9.68. The number of nitriles is 1. The molecule has 0 aliphatic carbocycles. The Hall–Kier alpha value is -0.590. The van der Waals surface area contributed by atoms with Crippen LogP contribution in [0.3, 0.4) is 0 Å². The van der Waals surface area contributed by atoms with E-state index in [4.69, 9.17) is 5.26 Å². The van der Waals surface area contributed by atoms with Crippen LogP contribution in [-0.2, 0) is 0 Å². The van der Waals surface area contributed by atoms with E-state index in [1.165, 1.54) is 0 Å². The van der Waals surface area contributed by atoms with Gasteiger partial charge in [0.25, 0.3) is 0 Å². The summed E-state index contributed by atoms with van der Waals surface area (Å²) in [4.78, 5) is 2.46. The molecule has 2 atom stereocenters. The standard InChI is InChI=1S/C10H19N3/c1-3-10(4-5-11)13-7-6-12-8-9(13)2/h9-10,12H,3-4,6-8H2,1-2H3/t9-,10?/m0/s1. The van der Waals surface area contributed by atoms with Gasteiger partial charge in [-0.25, -0.2) is 0 Å². The fourth-order valence-corrected chi connectivity index (χ4v) is 2.00. The van der Waals surface area contributed by atoms with Crippen molar-refractivity contribution in [2.75, 3.05) is 19.6 Å². The highest BCUT2D eigenvalue weighted by Crippen LogP contribution is 2.13. The van der Waals surface area contributed by atoms with Crippen molar-refractivity contribution in [3.8, 4) is 6.07 Å². The highest BCUT2D eigenvalue weighted by molar-refractivity contribution is 4.87. The first-order valence-electron chi connectivity index (χ1n) is 5.13. The lowest BCUT2D eigenvalue weighted by atomic mass is 10.1. The molecule has 1 fully saturated rings. The van der Waals surface area contributed by atoms with Gasteiger partial charge in [-0.15, -0.1) is 0 Å². The van der Waals surface area contributed by atoms with Crippen LogP contribution < -0.4 is 5.32 Å². The fourth-order valence-electron chi connectivity index (χ4n) is 2.00. The normalized spacial score (nSPS) is 26.7. The molecule has 0 saturated carbocycles. The summed E-state index contributed by atoms with van der Waals surface area (Å²) in [5, 5.41) is 12.1. The molecule has 0 bridgehead atoms. The molecule has 13 heavy (non-hydrogen) atoms. The highest BCUT2D eigenvalue weighted by atomic mass is 15.2. The third kappa shape index (κ3) is 2.68. The SMILES string of the molecule is CCC(CC#N)N1CCNC[C@@H]1C. The van der Waals surface area contributed by atoms with Crippen molar-refractivity contribution in [3.63, 3.8) is 0 Å². The summed E-state index contributed by atoms with van der Waals surface area (Å²) in [7, 11) is 0. The summed E-state index contributed by atoms with van der Waals surface area (Å²) in [6.07, 6.45) is 1.75. The third-order valence-electron chi connectivity index (χ3n) is 2.82. The third-order valence-corrected chi connectivity index (χ3v) is 2.82. The molecular weight excluding hydrogens is 162 g/mol. The first-order chi connectivity index (χ1) is 6.29. The maximum Gasteiger partial charge on any atom is 0.0638 e. The van der Waals surface area contributed by atoms with Gasteiger partial charge in [-0.1, -0.05) is 6.92 Å². The van der Waals surface area contributed by atoms with Gasteiger partial charge in [0.15, 0.2) is 0 Å². The van der Waals surface area contributed by atoms with Crippen LogP contribution >= 0.6 is 0 Å². The van der Waals surface area contributed by atoms with Gasteiger partial charge >= 0.3 is 0 Å². The van der Waals surface area contributed by atoms with Gasteiger partial charge in [-0.05, 0) is 13.3 Å². The smallest absolute Gasteiger partial charge is 0.0638 e. The molecule has 74 valence electrons. The van der Waals surface area contributed by atoms with Gasteiger partial charge in [0, 0.05) is 31.7 Å². The van der Waals surface area contributed by atoms with Crippen LogP contribution in [0.25, 0.3) is 0 Å². The van der Waals surface area contributed by atoms with Crippen LogP contribution in [0, 0.1) is 11.3 Å². The Morgan fingerprint density at radius 1 is 1.69 bits per heavy atom. The first-order valence-corrected chi connectivity index (χ1v) is 5.13. The molecule has 1 heterocycles. The van der Waals surface area contributed by atoms with Gasteiger partial charge in [0.1, 0.15) is 0 Å². The van der Waals surface area contributed by atoms with E-state index in [1.54, 1.807) is 0 Å². The minimum Gasteiger partial charge on any atom is -0.314 e. The molecule has 0 amide bonds. The predicted octanol–water partition coefficient (Wildman–Crippen LogP) is 0.972. The fraction of sp³-hybridized carbons (Fsp3) is 0.900. The minimum atomic E-state index is 0.460. The zero-order valence-corrected chi connectivity index (χ0v) is 8.58. The van der Waals surface area contributed by atoms with Crippen molar-refractivity contribution in [2.45, 2.75) is 38.8 Å². The van der Waals surface area contributed by atoms with Crippen LogP contribution in [-0.4, -0.2) is 36.6 Å².